The molecule has 1 saturated carbocycles. The first-order valence-corrected chi connectivity index (χ1v) is 6.85. The zero-order valence-electron chi connectivity index (χ0n) is 9.78. The first kappa shape index (κ1) is 13.8. The molecule has 2 unspecified atom stereocenters. The van der Waals surface area contributed by atoms with Gasteiger partial charge in [-0.2, -0.15) is 11.8 Å². The van der Waals surface area contributed by atoms with Gasteiger partial charge in [-0.15, -0.1) is 0 Å². The van der Waals surface area contributed by atoms with Crippen LogP contribution in [0.4, 0.5) is 0 Å². The molecular weight excluding hydrogens is 226 g/mol. The molecule has 3 N–H and O–H groups in total. The monoisotopic (exact) mass is 247 g/mol. The summed E-state index contributed by atoms with van der Waals surface area (Å²) >= 11 is 1.80. The summed E-state index contributed by atoms with van der Waals surface area (Å²) in [7, 11) is 1.69. The second-order valence-electron chi connectivity index (χ2n) is 4.33. The molecule has 2 atom stereocenters. The van der Waals surface area contributed by atoms with Crippen LogP contribution < -0.4 is 5.73 Å². The van der Waals surface area contributed by atoms with Crippen LogP contribution in [0.25, 0.3) is 0 Å². The van der Waals surface area contributed by atoms with Crippen LogP contribution in [0, 0.1) is 5.92 Å². The van der Waals surface area contributed by atoms with Crippen molar-refractivity contribution in [1.29, 1.82) is 0 Å². The summed E-state index contributed by atoms with van der Waals surface area (Å²) in [6.07, 6.45) is 3.41. The van der Waals surface area contributed by atoms with E-state index in [-0.39, 0.29) is 5.92 Å². The van der Waals surface area contributed by atoms with Crippen LogP contribution in [0.5, 0.6) is 0 Å². The Morgan fingerprint density at radius 2 is 2.38 bits per heavy atom. The van der Waals surface area contributed by atoms with E-state index >= 15 is 0 Å². The van der Waals surface area contributed by atoms with Gasteiger partial charge in [0.05, 0.1) is 6.61 Å². The van der Waals surface area contributed by atoms with Crippen LogP contribution in [0.1, 0.15) is 25.7 Å². The molecule has 0 aromatic carbocycles. The SMILES string of the molecule is COCCSCCC1CCCC1(N)C(=O)O. The van der Waals surface area contributed by atoms with Gasteiger partial charge in [0.2, 0.25) is 0 Å². The topological polar surface area (TPSA) is 72.5 Å². The summed E-state index contributed by atoms with van der Waals surface area (Å²) in [6, 6.07) is 0. The Morgan fingerprint density at radius 3 is 3.00 bits per heavy atom. The Balaban J connectivity index is 2.28. The van der Waals surface area contributed by atoms with Crippen molar-refractivity contribution in [3.05, 3.63) is 0 Å². The Bertz CT molecular complexity index is 237. The molecule has 16 heavy (non-hydrogen) atoms. The van der Waals surface area contributed by atoms with Gasteiger partial charge in [-0.3, -0.25) is 4.79 Å². The van der Waals surface area contributed by atoms with Crippen LogP contribution in [0.15, 0.2) is 0 Å². The predicted molar refractivity (Wildman–Crippen MR) is 65.7 cm³/mol. The number of hydrogen-bond donors (Lipinski definition) is 2. The van der Waals surface area contributed by atoms with Crippen LogP contribution in [0.2, 0.25) is 0 Å². The van der Waals surface area contributed by atoms with Crippen molar-refractivity contribution in [2.75, 3.05) is 25.2 Å². The van der Waals surface area contributed by atoms with Crippen molar-refractivity contribution >= 4 is 17.7 Å². The van der Waals surface area contributed by atoms with Crippen LogP contribution in [0.3, 0.4) is 0 Å². The Morgan fingerprint density at radius 1 is 1.62 bits per heavy atom. The van der Waals surface area contributed by atoms with Crippen molar-refractivity contribution in [1.82, 2.24) is 0 Å². The van der Waals surface area contributed by atoms with Crippen LogP contribution in [-0.4, -0.2) is 41.8 Å². The first-order chi connectivity index (χ1) is 7.61. The first-order valence-electron chi connectivity index (χ1n) is 5.70. The molecule has 0 aliphatic heterocycles. The molecule has 1 aliphatic rings. The van der Waals surface area contributed by atoms with Crippen LogP contribution in [-0.2, 0) is 9.53 Å². The molecule has 1 rings (SSSR count). The fraction of sp³-hybridized carbons (Fsp3) is 0.909. The Hall–Kier alpha value is -0.260. The molecular formula is C11H21NO3S. The normalized spacial score (nSPS) is 29.5. The highest BCUT2D eigenvalue weighted by atomic mass is 32.2. The number of methoxy groups -OCH3 is 1. The second kappa shape index (κ2) is 6.47. The van der Waals surface area contributed by atoms with E-state index in [2.05, 4.69) is 0 Å². The average molecular weight is 247 g/mol. The van der Waals surface area contributed by atoms with Gasteiger partial charge in [0, 0.05) is 12.9 Å². The van der Waals surface area contributed by atoms with E-state index in [0.717, 1.165) is 37.4 Å². The number of thioether (sulfide) groups is 1. The lowest BCUT2D eigenvalue weighted by atomic mass is 9.86. The highest BCUT2D eigenvalue weighted by Gasteiger charge is 2.45. The number of hydrogen-bond acceptors (Lipinski definition) is 4. The number of carboxylic acids is 1. The number of ether oxygens (including phenoxy) is 1. The van der Waals surface area contributed by atoms with E-state index in [1.165, 1.54) is 0 Å². The third kappa shape index (κ3) is 3.37. The minimum absolute atomic E-state index is 0.139. The summed E-state index contributed by atoms with van der Waals surface area (Å²) in [5.41, 5.74) is 4.98. The molecule has 0 aromatic rings. The van der Waals surface area contributed by atoms with Gasteiger partial charge < -0.3 is 15.6 Å². The van der Waals surface area contributed by atoms with Gasteiger partial charge >= 0.3 is 5.97 Å². The number of carboxylic acid groups (broad SMARTS) is 1. The molecule has 0 saturated heterocycles. The van der Waals surface area contributed by atoms with Crippen molar-refractivity contribution in [3.8, 4) is 0 Å². The maximum absolute atomic E-state index is 11.1. The van der Waals surface area contributed by atoms with Crippen molar-refractivity contribution in [2.45, 2.75) is 31.2 Å². The lowest BCUT2D eigenvalue weighted by Crippen LogP contribution is -2.51. The number of aliphatic carboxylic acids is 1. The van der Waals surface area contributed by atoms with E-state index < -0.39 is 11.5 Å². The zero-order chi connectivity index (χ0) is 12.0. The standard InChI is InChI=1S/C11H21NO3S/c1-15-6-8-16-7-4-9-3-2-5-11(9,12)10(13)14/h9H,2-8,12H2,1H3,(H,13,14). The Kier molecular flexibility index (Phi) is 5.58. The smallest absolute Gasteiger partial charge is 0.323 e. The zero-order valence-corrected chi connectivity index (χ0v) is 10.6. The fourth-order valence-electron chi connectivity index (χ4n) is 2.26. The van der Waals surface area contributed by atoms with Crippen molar-refractivity contribution in [3.63, 3.8) is 0 Å². The van der Waals surface area contributed by atoms with E-state index in [0.29, 0.717) is 6.42 Å². The lowest BCUT2D eigenvalue weighted by molar-refractivity contribution is -0.144. The van der Waals surface area contributed by atoms with Gasteiger partial charge in [0.25, 0.3) is 0 Å². The lowest BCUT2D eigenvalue weighted by Gasteiger charge is -2.26. The fourth-order valence-corrected chi connectivity index (χ4v) is 3.20. The highest BCUT2D eigenvalue weighted by molar-refractivity contribution is 7.99. The molecule has 0 heterocycles. The molecule has 94 valence electrons. The van der Waals surface area contributed by atoms with Gasteiger partial charge in [-0.1, -0.05) is 6.42 Å². The highest BCUT2D eigenvalue weighted by Crippen LogP contribution is 2.36. The molecule has 0 amide bonds. The van der Waals surface area contributed by atoms with E-state index in [9.17, 15) is 4.79 Å². The summed E-state index contributed by atoms with van der Waals surface area (Å²) in [4.78, 5) is 11.1. The van der Waals surface area contributed by atoms with Crippen LogP contribution >= 0.6 is 11.8 Å². The van der Waals surface area contributed by atoms with E-state index in [4.69, 9.17) is 15.6 Å². The molecule has 0 bridgehead atoms. The quantitative estimate of drug-likeness (QED) is 0.664. The van der Waals surface area contributed by atoms with Crippen molar-refractivity contribution < 1.29 is 14.6 Å². The summed E-state index contributed by atoms with van der Waals surface area (Å²) in [6.45, 7) is 0.752. The maximum Gasteiger partial charge on any atom is 0.323 e. The molecule has 1 fully saturated rings. The molecule has 0 spiro atoms. The van der Waals surface area contributed by atoms with Crippen molar-refractivity contribution in [2.24, 2.45) is 11.7 Å². The third-order valence-electron chi connectivity index (χ3n) is 3.31. The Labute approximate surface area is 101 Å². The molecule has 0 radical (unpaired) electrons. The largest absolute Gasteiger partial charge is 0.480 e. The summed E-state index contributed by atoms with van der Waals surface area (Å²) < 4.78 is 4.95. The van der Waals surface area contributed by atoms with Gasteiger partial charge in [0.1, 0.15) is 5.54 Å². The average Bonchev–Trinajstić information content (AvgIpc) is 2.61. The number of carbonyl (C=O) groups is 1. The van der Waals surface area contributed by atoms with E-state index in [1.54, 1.807) is 18.9 Å². The summed E-state index contributed by atoms with van der Waals surface area (Å²) in [5.74, 6) is 1.24. The second-order valence-corrected chi connectivity index (χ2v) is 5.55. The number of nitrogens with two attached hydrogens (primary N) is 1. The summed E-state index contributed by atoms with van der Waals surface area (Å²) in [5, 5.41) is 9.13. The van der Waals surface area contributed by atoms with Gasteiger partial charge in [-0.05, 0) is 30.9 Å². The third-order valence-corrected chi connectivity index (χ3v) is 4.29. The van der Waals surface area contributed by atoms with Gasteiger partial charge in [0.15, 0.2) is 0 Å². The minimum atomic E-state index is -0.970. The van der Waals surface area contributed by atoms with Gasteiger partial charge in [-0.25, -0.2) is 0 Å². The number of rotatable bonds is 7. The predicted octanol–water partition coefficient (Wildman–Crippen LogP) is 1.34. The minimum Gasteiger partial charge on any atom is -0.480 e. The maximum atomic E-state index is 11.1. The molecule has 4 nitrogen and oxygen atoms in total. The molecule has 0 aromatic heterocycles. The van der Waals surface area contributed by atoms with E-state index in [1.807, 2.05) is 0 Å². The molecule has 1 aliphatic carbocycles. The molecule has 5 heteroatoms.